The van der Waals surface area contributed by atoms with Crippen molar-refractivity contribution < 1.29 is 9.90 Å². The van der Waals surface area contributed by atoms with Crippen LogP contribution in [0, 0.1) is 5.92 Å². The minimum atomic E-state index is -0.609. The van der Waals surface area contributed by atoms with Crippen LogP contribution >= 0.6 is 0 Å². The lowest BCUT2D eigenvalue weighted by Gasteiger charge is -1.97. The van der Waals surface area contributed by atoms with Crippen molar-refractivity contribution in [2.45, 2.75) is 25.7 Å². The van der Waals surface area contributed by atoms with Crippen molar-refractivity contribution in [2.24, 2.45) is 5.92 Å². The Morgan fingerprint density at radius 1 is 0.929 bits per heavy atom. The minimum Gasteiger partial charge on any atom is -0.481 e. The maximum atomic E-state index is 10.2. The first-order chi connectivity index (χ1) is 6.80. The Bertz CT molecular complexity index is 224. The van der Waals surface area contributed by atoms with E-state index in [2.05, 4.69) is 0 Å². The third-order valence-corrected chi connectivity index (χ3v) is 2.37. The Hall–Kier alpha value is -1.31. The van der Waals surface area contributed by atoms with Gasteiger partial charge < -0.3 is 5.11 Å². The maximum Gasteiger partial charge on any atom is 0.306 e. The standard InChI is InChI=1S/C6H10O2.C6H6/c7-6(8)5-3-1-2-4-5;1-2-4-6-5-3-1/h5H,1-4H2,(H,7,8);1-6H. The lowest BCUT2D eigenvalue weighted by molar-refractivity contribution is -0.141. The Kier molecular flexibility index (Phi) is 4.76. The molecule has 1 aliphatic carbocycles. The zero-order valence-electron chi connectivity index (χ0n) is 8.23. The highest BCUT2D eigenvalue weighted by molar-refractivity contribution is 5.70. The van der Waals surface area contributed by atoms with Gasteiger partial charge in [0.05, 0.1) is 5.92 Å². The molecular weight excluding hydrogens is 176 g/mol. The first kappa shape index (κ1) is 10.8. The average molecular weight is 192 g/mol. The molecule has 2 heteroatoms. The smallest absolute Gasteiger partial charge is 0.306 e. The Morgan fingerprint density at radius 2 is 1.29 bits per heavy atom. The van der Waals surface area contributed by atoms with Gasteiger partial charge in [-0.2, -0.15) is 0 Å². The zero-order valence-corrected chi connectivity index (χ0v) is 8.23. The summed E-state index contributed by atoms with van der Waals surface area (Å²) in [6, 6.07) is 12.0. The molecule has 0 heterocycles. The van der Waals surface area contributed by atoms with Crippen LogP contribution in [-0.4, -0.2) is 11.1 Å². The summed E-state index contributed by atoms with van der Waals surface area (Å²) in [5.74, 6) is -0.627. The molecule has 1 aromatic rings. The highest BCUT2D eigenvalue weighted by Gasteiger charge is 2.20. The van der Waals surface area contributed by atoms with Crippen LogP contribution in [-0.2, 0) is 4.79 Å². The fraction of sp³-hybridized carbons (Fsp3) is 0.417. The normalized spacial score (nSPS) is 15.7. The molecule has 14 heavy (non-hydrogen) atoms. The highest BCUT2D eigenvalue weighted by atomic mass is 16.4. The lowest BCUT2D eigenvalue weighted by atomic mass is 10.1. The second-order valence-corrected chi connectivity index (χ2v) is 3.47. The van der Waals surface area contributed by atoms with Crippen LogP contribution in [0.2, 0.25) is 0 Å². The van der Waals surface area contributed by atoms with E-state index in [9.17, 15) is 4.79 Å². The fourth-order valence-corrected chi connectivity index (χ4v) is 1.56. The van der Waals surface area contributed by atoms with Gasteiger partial charge in [0.25, 0.3) is 0 Å². The van der Waals surface area contributed by atoms with Crippen LogP contribution in [0.4, 0.5) is 0 Å². The van der Waals surface area contributed by atoms with Crippen LogP contribution < -0.4 is 0 Å². The van der Waals surface area contributed by atoms with E-state index in [0.717, 1.165) is 25.7 Å². The fourth-order valence-electron chi connectivity index (χ4n) is 1.56. The number of carboxylic acid groups (broad SMARTS) is 1. The summed E-state index contributed by atoms with van der Waals surface area (Å²) in [7, 11) is 0. The third-order valence-electron chi connectivity index (χ3n) is 2.37. The summed E-state index contributed by atoms with van der Waals surface area (Å²) in [5, 5.41) is 8.41. The predicted molar refractivity (Wildman–Crippen MR) is 56.0 cm³/mol. The number of aliphatic carboxylic acids is 1. The molecule has 0 aliphatic heterocycles. The van der Waals surface area contributed by atoms with E-state index in [0.29, 0.717) is 0 Å². The number of benzene rings is 1. The Labute approximate surface area is 84.6 Å². The molecule has 1 saturated carbocycles. The van der Waals surface area contributed by atoms with Crippen LogP contribution in [0.5, 0.6) is 0 Å². The van der Waals surface area contributed by atoms with E-state index in [1.807, 2.05) is 36.4 Å². The molecule has 1 N–H and O–H groups in total. The lowest BCUT2D eigenvalue weighted by Crippen LogP contribution is -2.07. The molecule has 2 rings (SSSR count). The van der Waals surface area contributed by atoms with Crippen molar-refractivity contribution in [3.63, 3.8) is 0 Å². The van der Waals surface area contributed by atoms with E-state index in [-0.39, 0.29) is 5.92 Å². The van der Waals surface area contributed by atoms with Crippen molar-refractivity contribution >= 4 is 5.97 Å². The van der Waals surface area contributed by atoms with Gasteiger partial charge in [0.1, 0.15) is 0 Å². The van der Waals surface area contributed by atoms with Gasteiger partial charge in [0.2, 0.25) is 0 Å². The number of hydrogen-bond donors (Lipinski definition) is 1. The number of rotatable bonds is 1. The first-order valence-electron chi connectivity index (χ1n) is 5.03. The van der Waals surface area contributed by atoms with Crippen molar-refractivity contribution in [3.05, 3.63) is 36.4 Å². The topological polar surface area (TPSA) is 37.3 Å². The van der Waals surface area contributed by atoms with E-state index >= 15 is 0 Å². The SMILES string of the molecule is O=C(O)C1CCCC1.c1ccccc1. The van der Waals surface area contributed by atoms with Gasteiger partial charge in [0, 0.05) is 0 Å². The van der Waals surface area contributed by atoms with Crippen molar-refractivity contribution in [1.29, 1.82) is 0 Å². The molecule has 0 saturated heterocycles. The second-order valence-electron chi connectivity index (χ2n) is 3.47. The van der Waals surface area contributed by atoms with Gasteiger partial charge in [-0.05, 0) is 12.8 Å². The van der Waals surface area contributed by atoms with Crippen LogP contribution in [0.15, 0.2) is 36.4 Å². The Morgan fingerprint density at radius 3 is 1.50 bits per heavy atom. The van der Waals surface area contributed by atoms with Crippen LogP contribution in [0.1, 0.15) is 25.7 Å². The molecule has 0 radical (unpaired) electrons. The molecule has 1 aromatic carbocycles. The van der Waals surface area contributed by atoms with Gasteiger partial charge in [-0.3, -0.25) is 4.79 Å². The summed E-state index contributed by atoms with van der Waals surface area (Å²) >= 11 is 0. The van der Waals surface area contributed by atoms with Crippen molar-refractivity contribution in [3.8, 4) is 0 Å². The molecule has 0 amide bonds. The highest BCUT2D eigenvalue weighted by Crippen LogP contribution is 2.24. The van der Waals surface area contributed by atoms with Gasteiger partial charge in [-0.15, -0.1) is 0 Å². The minimum absolute atomic E-state index is 0.0185. The maximum absolute atomic E-state index is 10.2. The van der Waals surface area contributed by atoms with E-state index in [4.69, 9.17) is 5.11 Å². The molecule has 0 atom stereocenters. The molecular formula is C12H16O2. The van der Waals surface area contributed by atoms with Crippen LogP contribution in [0.3, 0.4) is 0 Å². The number of carbonyl (C=O) groups is 1. The van der Waals surface area contributed by atoms with Crippen molar-refractivity contribution in [2.75, 3.05) is 0 Å². The molecule has 0 unspecified atom stereocenters. The van der Waals surface area contributed by atoms with E-state index in [1.165, 1.54) is 0 Å². The first-order valence-corrected chi connectivity index (χ1v) is 5.03. The number of carboxylic acids is 1. The van der Waals surface area contributed by atoms with Crippen molar-refractivity contribution in [1.82, 2.24) is 0 Å². The molecule has 0 aromatic heterocycles. The van der Waals surface area contributed by atoms with Gasteiger partial charge >= 0.3 is 5.97 Å². The quantitative estimate of drug-likeness (QED) is 0.742. The Balaban J connectivity index is 0.000000146. The van der Waals surface area contributed by atoms with Gasteiger partial charge in [-0.1, -0.05) is 49.2 Å². The molecule has 0 bridgehead atoms. The summed E-state index contributed by atoms with van der Waals surface area (Å²) < 4.78 is 0. The largest absolute Gasteiger partial charge is 0.481 e. The molecule has 0 spiro atoms. The number of hydrogen-bond acceptors (Lipinski definition) is 1. The predicted octanol–water partition coefficient (Wildman–Crippen LogP) is 2.95. The summed E-state index contributed by atoms with van der Waals surface area (Å²) in [6.07, 6.45) is 4.01. The van der Waals surface area contributed by atoms with E-state index < -0.39 is 5.97 Å². The van der Waals surface area contributed by atoms with E-state index in [1.54, 1.807) is 0 Å². The molecule has 2 nitrogen and oxygen atoms in total. The third kappa shape index (κ3) is 4.08. The van der Waals surface area contributed by atoms with Gasteiger partial charge in [-0.25, -0.2) is 0 Å². The summed E-state index contributed by atoms with van der Waals surface area (Å²) in [5.41, 5.74) is 0. The monoisotopic (exact) mass is 192 g/mol. The summed E-state index contributed by atoms with van der Waals surface area (Å²) in [4.78, 5) is 10.2. The average Bonchev–Trinajstić information content (AvgIpc) is 2.74. The molecule has 1 aliphatic rings. The second kappa shape index (κ2) is 6.19. The van der Waals surface area contributed by atoms with Crippen LogP contribution in [0.25, 0.3) is 0 Å². The summed E-state index contributed by atoms with van der Waals surface area (Å²) in [6.45, 7) is 0. The molecule has 1 fully saturated rings. The van der Waals surface area contributed by atoms with Gasteiger partial charge in [0.15, 0.2) is 0 Å². The molecule has 76 valence electrons. The zero-order chi connectivity index (χ0) is 10.2.